The molecule has 3 rings (SSSR count). The van der Waals surface area contributed by atoms with Crippen LogP contribution in [0.1, 0.15) is 11.1 Å². The molecule has 0 saturated carbocycles. The number of nitro groups is 1. The minimum Gasteiger partial charge on any atom is -0.493 e. The lowest BCUT2D eigenvalue weighted by Crippen LogP contribution is -2.00. The van der Waals surface area contributed by atoms with E-state index >= 15 is 0 Å². The molecule has 0 aliphatic rings. The predicted octanol–water partition coefficient (Wildman–Crippen LogP) is 5.44. The van der Waals surface area contributed by atoms with Crippen molar-refractivity contribution in [2.24, 2.45) is 5.10 Å². The molecule has 0 spiro atoms. The van der Waals surface area contributed by atoms with E-state index in [0.29, 0.717) is 33.2 Å². The lowest BCUT2D eigenvalue weighted by Gasteiger charge is -2.13. The highest BCUT2D eigenvalue weighted by atomic mass is 79.9. The van der Waals surface area contributed by atoms with Crippen molar-refractivity contribution < 1.29 is 14.4 Å². The first-order chi connectivity index (χ1) is 14.5. The van der Waals surface area contributed by atoms with Crippen LogP contribution in [0.2, 0.25) is 5.02 Å². The van der Waals surface area contributed by atoms with Gasteiger partial charge in [-0.2, -0.15) is 5.10 Å². The zero-order valence-corrected chi connectivity index (χ0v) is 18.1. The fraction of sp³-hybridized carbons (Fsp3) is 0.100. The van der Waals surface area contributed by atoms with E-state index in [2.05, 4.69) is 31.4 Å². The van der Waals surface area contributed by atoms with Gasteiger partial charge in [0.1, 0.15) is 6.61 Å². The summed E-state index contributed by atoms with van der Waals surface area (Å²) < 4.78 is 12.0. The number of hydrogen-bond acceptors (Lipinski definition) is 7. The summed E-state index contributed by atoms with van der Waals surface area (Å²) in [6.45, 7) is 0.346. The van der Waals surface area contributed by atoms with Crippen molar-refractivity contribution in [2.75, 3.05) is 12.5 Å². The Morgan fingerprint density at radius 1 is 1.27 bits per heavy atom. The highest BCUT2D eigenvalue weighted by Crippen LogP contribution is 2.33. The van der Waals surface area contributed by atoms with Gasteiger partial charge in [0.2, 0.25) is 5.82 Å². The molecule has 2 aromatic carbocycles. The fourth-order valence-corrected chi connectivity index (χ4v) is 3.01. The molecule has 30 heavy (non-hydrogen) atoms. The zero-order chi connectivity index (χ0) is 21.5. The number of aromatic nitrogens is 1. The first-order valence-electron chi connectivity index (χ1n) is 8.61. The minimum atomic E-state index is -0.531. The van der Waals surface area contributed by atoms with E-state index in [-0.39, 0.29) is 11.5 Å². The number of hydrazone groups is 1. The van der Waals surface area contributed by atoms with Gasteiger partial charge in [0, 0.05) is 27.3 Å². The van der Waals surface area contributed by atoms with Gasteiger partial charge in [0.25, 0.3) is 0 Å². The van der Waals surface area contributed by atoms with Crippen LogP contribution in [-0.2, 0) is 6.61 Å². The van der Waals surface area contributed by atoms with Crippen LogP contribution in [0.15, 0.2) is 64.3 Å². The number of benzene rings is 2. The van der Waals surface area contributed by atoms with E-state index < -0.39 is 4.92 Å². The van der Waals surface area contributed by atoms with Crippen LogP contribution in [0.25, 0.3) is 0 Å². The van der Waals surface area contributed by atoms with Gasteiger partial charge in [0.15, 0.2) is 11.5 Å². The van der Waals surface area contributed by atoms with E-state index in [1.807, 2.05) is 12.1 Å². The summed E-state index contributed by atoms with van der Waals surface area (Å²) in [5.41, 5.74) is 4.06. The molecule has 0 bridgehead atoms. The first kappa shape index (κ1) is 21.5. The average molecular weight is 492 g/mol. The molecule has 0 aliphatic heterocycles. The maximum atomic E-state index is 11.0. The zero-order valence-electron chi connectivity index (χ0n) is 15.7. The van der Waals surface area contributed by atoms with Gasteiger partial charge in [-0.25, -0.2) is 4.98 Å². The highest BCUT2D eigenvalue weighted by Gasteiger charge is 2.13. The summed E-state index contributed by atoms with van der Waals surface area (Å²) in [4.78, 5) is 14.4. The topological polar surface area (TPSA) is 98.9 Å². The number of halogens is 2. The molecule has 0 amide bonds. The molecule has 0 fully saturated rings. The lowest BCUT2D eigenvalue weighted by molar-refractivity contribution is -0.384. The third-order valence-electron chi connectivity index (χ3n) is 3.95. The monoisotopic (exact) mass is 490 g/mol. The fourth-order valence-electron chi connectivity index (χ4n) is 2.46. The number of hydrogen-bond donors (Lipinski definition) is 1. The number of ether oxygens (including phenoxy) is 2. The van der Waals surface area contributed by atoms with Crippen LogP contribution >= 0.6 is 27.5 Å². The maximum absolute atomic E-state index is 11.0. The summed E-state index contributed by atoms with van der Waals surface area (Å²) in [6.07, 6.45) is 2.94. The van der Waals surface area contributed by atoms with E-state index in [1.54, 1.807) is 24.3 Å². The molecule has 1 N–H and O–H groups in total. The summed E-state index contributed by atoms with van der Waals surface area (Å²) in [6, 6.07) is 13.7. The van der Waals surface area contributed by atoms with Gasteiger partial charge in [-0.3, -0.25) is 15.5 Å². The largest absolute Gasteiger partial charge is 0.493 e. The van der Waals surface area contributed by atoms with Crippen molar-refractivity contribution in [3.63, 3.8) is 0 Å². The summed E-state index contributed by atoms with van der Waals surface area (Å²) >= 11 is 9.37. The second kappa shape index (κ2) is 10.0. The van der Waals surface area contributed by atoms with Gasteiger partial charge in [-0.1, -0.05) is 23.7 Å². The molecule has 0 saturated heterocycles. The number of rotatable bonds is 8. The van der Waals surface area contributed by atoms with Gasteiger partial charge >= 0.3 is 5.69 Å². The molecule has 1 heterocycles. The minimum absolute atomic E-state index is 0.0461. The second-order valence-electron chi connectivity index (χ2n) is 5.94. The Morgan fingerprint density at radius 2 is 2.03 bits per heavy atom. The van der Waals surface area contributed by atoms with Crippen LogP contribution in [0.5, 0.6) is 11.5 Å². The van der Waals surface area contributed by atoms with Crippen LogP contribution in [0, 0.1) is 10.1 Å². The standard InChI is InChI=1S/C20H16BrClN4O4/c1-29-18-9-14(11-24-25-20-17(26(27)28)3-2-8-23-20)16(21)10-19(18)30-12-13-4-6-15(22)7-5-13/h2-11H,12H2,1H3,(H,23,25)/b24-11-. The smallest absolute Gasteiger partial charge is 0.313 e. The third-order valence-corrected chi connectivity index (χ3v) is 4.89. The molecule has 3 aromatic rings. The van der Waals surface area contributed by atoms with Gasteiger partial charge < -0.3 is 9.47 Å². The van der Waals surface area contributed by atoms with Crippen LogP contribution in [-0.4, -0.2) is 23.2 Å². The average Bonchev–Trinajstić information content (AvgIpc) is 2.74. The Balaban J connectivity index is 1.74. The maximum Gasteiger partial charge on any atom is 0.313 e. The lowest BCUT2D eigenvalue weighted by atomic mass is 10.2. The molecule has 0 aliphatic carbocycles. The number of nitrogens with zero attached hydrogens (tertiary/aromatic N) is 3. The molecular formula is C20H16BrClN4O4. The molecular weight excluding hydrogens is 476 g/mol. The molecule has 1 aromatic heterocycles. The quantitative estimate of drug-likeness (QED) is 0.256. The summed E-state index contributed by atoms with van der Waals surface area (Å²) in [5.74, 6) is 1.10. The van der Waals surface area contributed by atoms with Crippen molar-refractivity contribution in [1.29, 1.82) is 0 Å². The van der Waals surface area contributed by atoms with Crippen molar-refractivity contribution in [3.8, 4) is 11.5 Å². The Kier molecular flexibility index (Phi) is 7.21. The van der Waals surface area contributed by atoms with Crippen LogP contribution in [0.3, 0.4) is 0 Å². The van der Waals surface area contributed by atoms with Crippen molar-refractivity contribution in [1.82, 2.24) is 4.98 Å². The van der Waals surface area contributed by atoms with Crippen molar-refractivity contribution >= 4 is 45.3 Å². The van der Waals surface area contributed by atoms with E-state index in [4.69, 9.17) is 21.1 Å². The van der Waals surface area contributed by atoms with Gasteiger partial charge in [0.05, 0.1) is 18.2 Å². The molecule has 8 nitrogen and oxygen atoms in total. The van der Waals surface area contributed by atoms with E-state index in [0.717, 1.165) is 5.56 Å². The van der Waals surface area contributed by atoms with E-state index in [9.17, 15) is 10.1 Å². The molecule has 0 atom stereocenters. The second-order valence-corrected chi connectivity index (χ2v) is 7.23. The number of methoxy groups -OCH3 is 1. The third kappa shape index (κ3) is 5.46. The summed E-state index contributed by atoms with van der Waals surface area (Å²) in [7, 11) is 1.54. The van der Waals surface area contributed by atoms with Gasteiger partial charge in [-0.15, -0.1) is 0 Å². The number of anilines is 1. The molecule has 10 heteroatoms. The van der Waals surface area contributed by atoms with Crippen LogP contribution in [0.4, 0.5) is 11.5 Å². The number of nitrogens with one attached hydrogen (secondary N) is 1. The van der Waals surface area contributed by atoms with Crippen LogP contribution < -0.4 is 14.9 Å². The predicted molar refractivity (Wildman–Crippen MR) is 119 cm³/mol. The summed E-state index contributed by atoms with van der Waals surface area (Å²) in [5, 5.41) is 15.7. The Labute approximate surface area is 185 Å². The molecule has 0 radical (unpaired) electrons. The normalized spacial score (nSPS) is 10.8. The van der Waals surface area contributed by atoms with Crippen molar-refractivity contribution in [3.05, 3.63) is 85.5 Å². The molecule has 154 valence electrons. The Morgan fingerprint density at radius 3 is 2.73 bits per heavy atom. The number of pyridine rings is 1. The Hall–Kier alpha value is -3.17. The molecule has 0 unspecified atom stereocenters. The van der Waals surface area contributed by atoms with E-state index in [1.165, 1.54) is 31.7 Å². The highest BCUT2D eigenvalue weighted by molar-refractivity contribution is 9.10. The Bertz CT molecular complexity index is 1080. The van der Waals surface area contributed by atoms with Gasteiger partial charge in [-0.05, 0) is 51.8 Å². The first-order valence-corrected chi connectivity index (χ1v) is 9.78. The SMILES string of the molecule is COc1cc(/C=N\Nc2ncccc2[N+](=O)[O-])c(Br)cc1OCc1ccc(Cl)cc1. The van der Waals surface area contributed by atoms with Crippen molar-refractivity contribution in [2.45, 2.75) is 6.61 Å².